The Kier molecular flexibility index (Phi) is 17.0. The molecular formula is C20H42N2O4. The molecule has 0 saturated heterocycles. The first kappa shape index (κ1) is 25.1. The Morgan fingerprint density at radius 3 is 1.50 bits per heavy atom. The van der Waals surface area contributed by atoms with E-state index in [1.807, 2.05) is 20.8 Å². The highest BCUT2D eigenvalue weighted by Gasteiger charge is 2.31. The molecule has 0 radical (unpaired) electrons. The van der Waals surface area contributed by atoms with Gasteiger partial charge >= 0.3 is 6.03 Å². The van der Waals surface area contributed by atoms with Crippen LogP contribution in [0.3, 0.4) is 0 Å². The Bertz CT molecular complexity index is 310. The van der Waals surface area contributed by atoms with Crippen LogP contribution in [0.15, 0.2) is 0 Å². The van der Waals surface area contributed by atoms with Gasteiger partial charge < -0.3 is 25.3 Å². The van der Waals surface area contributed by atoms with Crippen molar-refractivity contribution in [1.29, 1.82) is 0 Å². The Morgan fingerprint density at radius 2 is 1.12 bits per heavy atom. The average molecular weight is 375 g/mol. The number of rotatable bonds is 19. The highest BCUT2D eigenvalue weighted by atomic mass is 16.9. The molecule has 0 rings (SSSR count). The third-order valence-corrected chi connectivity index (χ3v) is 4.30. The summed E-state index contributed by atoms with van der Waals surface area (Å²) in [4.78, 5) is 10.5. The van der Waals surface area contributed by atoms with E-state index in [1.54, 1.807) is 0 Å². The van der Waals surface area contributed by atoms with Gasteiger partial charge in [0.05, 0.1) is 0 Å². The van der Waals surface area contributed by atoms with Crippen LogP contribution in [0.4, 0.5) is 4.79 Å². The van der Waals surface area contributed by atoms with Gasteiger partial charge in [-0.3, -0.25) is 0 Å². The molecule has 0 aliphatic carbocycles. The molecule has 0 atom stereocenters. The second-order valence-corrected chi connectivity index (χ2v) is 6.56. The minimum absolute atomic E-state index is 0.425. The Balaban J connectivity index is 3.56. The molecule has 2 amide bonds. The van der Waals surface area contributed by atoms with E-state index in [2.05, 4.69) is 5.32 Å². The van der Waals surface area contributed by atoms with Crippen LogP contribution in [0.5, 0.6) is 0 Å². The second kappa shape index (κ2) is 17.6. The first-order chi connectivity index (χ1) is 12.6. The number of nitrogens with two attached hydrogens (primary N) is 1. The fourth-order valence-corrected chi connectivity index (χ4v) is 3.09. The third kappa shape index (κ3) is 14.3. The number of amides is 2. The summed E-state index contributed by atoms with van der Waals surface area (Å²) in [5.74, 6) is -0.846. The number of hydrogen-bond acceptors (Lipinski definition) is 4. The zero-order valence-electron chi connectivity index (χ0n) is 17.3. The molecule has 0 aliphatic heterocycles. The van der Waals surface area contributed by atoms with E-state index in [1.165, 1.54) is 44.9 Å². The van der Waals surface area contributed by atoms with E-state index < -0.39 is 12.0 Å². The highest BCUT2D eigenvalue weighted by molar-refractivity contribution is 5.71. The van der Waals surface area contributed by atoms with Crippen molar-refractivity contribution in [3.8, 4) is 0 Å². The van der Waals surface area contributed by atoms with Crippen molar-refractivity contribution >= 4 is 6.03 Å². The van der Waals surface area contributed by atoms with Gasteiger partial charge in [0.15, 0.2) is 0 Å². The van der Waals surface area contributed by atoms with Crippen LogP contribution < -0.4 is 11.1 Å². The quantitative estimate of drug-likeness (QED) is 0.253. The van der Waals surface area contributed by atoms with E-state index >= 15 is 0 Å². The molecule has 0 fully saturated rings. The fraction of sp³-hybridized carbons (Fsp3) is 0.950. The summed E-state index contributed by atoms with van der Waals surface area (Å²) < 4.78 is 17.2. The average Bonchev–Trinajstić information content (AvgIpc) is 2.59. The SMILES string of the molecule is CCOC(CCCCCCCCCCCCNC(N)=O)(OCC)OCC. The summed E-state index contributed by atoms with van der Waals surface area (Å²) in [5.41, 5.74) is 5.02. The van der Waals surface area contributed by atoms with Crippen LogP contribution in [0, 0.1) is 0 Å². The van der Waals surface area contributed by atoms with Crippen molar-refractivity contribution in [2.45, 2.75) is 97.4 Å². The smallest absolute Gasteiger partial charge is 0.312 e. The van der Waals surface area contributed by atoms with E-state index in [9.17, 15) is 4.79 Å². The molecule has 26 heavy (non-hydrogen) atoms. The summed E-state index contributed by atoms with van der Waals surface area (Å²) in [6.45, 7) is 8.40. The molecule has 0 heterocycles. The zero-order chi connectivity index (χ0) is 19.5. The van der Waals surface area contributed by atoms with E-state index in [-0.39, 0.29) is 0 Å². The van der Waals surface area contributed by atoms with Crippen molar-refractivity contribution in [2.75, 3.05) is 26.4 Å². The van der Waals surface area contributed by atoms with Gasteiger partial charge in [-0.25, -0.2) is 4.79 Å². The first-order valence-corrected chi connectivity index (χ1v) is 10.5. The number of primary amides is 1. The summed E-state index contributed by atoms with van der Waals surface area (Å²) in [7, 11) is 0. The summed E-state index contributed by atoms with van der Waals surface area (Å²) in [6, 6.07) is -0.425. The molecule has 156 valence electrons. The largest absolute Gasteiger partial charge is 0.352 e. The van der Waals surface area contributed by atoms with Crippen molar-refractivity contribution in [3.63, 3.8) is 0 Å². The Morgan fingerprint density at radius 1 is 0.731 bits per heavy atom. The van der Waals surface area contributed by atoms with Crippen LogP contribution in [0.1, 0.15) is 91.4 Å². The molecule has 0 aromatic carbocycles. The van der Waals surface area contributed by atoms with Gasteiger partial charge in [-0.15, -0.1) is 0 Å². The number of carbonyl (C=O) groups is 1. The number of urea groups is 1. The van der Waals surface area contributed by atoms with Gasteiger partial charge in [-0.2, -0.15) is 0 Å². The van der Waals surface area contributed by atoms with Crippen molar-refractivity contribution in [3.05, 3.63) is 0 Å². The predicted octanol–water partition coefficient (Wildman–Crippen LogP) is 4.71. The molecule has 3 N–H and O–H groups in total. The molecule has 0 bridgehead atoms. The van der Waals surface area contributed by atoms with Crippen LogP contribution in [-0.2, 0) is 14.2 Å². The first-order valence-electron chi connectivity index (χ1n) is 10.5. The minimum Gasteiger partial charge on any atom is -0.352 e. The highest BCUT2D eigenvalue weighted by Crippen LogP contribution is 2.24. The number of nitrogens with one attached hydrogen (secondary N) is 1. The number of hydrogen-bond donors (Lipinski definition) is 2. The Hall–Kier alpha value is -0.850. The number of carbonyl (C=O) groups excluding carboxylic acids is 1. The van der Waals surface area contributed by atoms with Gasteiger partial charge in [-0.1, -0.05) is 51.4 Å². The molecule has 6 nitrogen and oxygen atoms in total. The van der Waals surface area contributed by atoms with E-state index in [0.29, 0.717) is 26.4 Å². The van der Waals surface area contributed by atoms with Gasteiger partial charge in [0.1, 0.15) is 0 Å². The van der Waals surface area contributed by atoms with E-state index in [0.717, 1.165) is 25.7 Å². The van der Waals surface area contributed by atoms with Crippen LogP contribution >= 0.6 is 0 Å². The summed E-state index contributed by atoms with van der Waals surface area (Å²) in [6.07, 6.45) is 12.9. The lowest BCUT2D eigenvalue weighted by atomic mass is 10.1. The fourth-order valence-electron chi connectivity index (χ4n) is 3.09. The molecule has 0 unspecified atom stereocenters. The lowest BCUT2D eigenvalue weighted by molar-refractivity contribution is -0.380. The van der Waals surface area contributed by atoms with Crippen molar-refractivity contribution in [2.24, 2.45) is 5.73 Å². The lowest BCUT2D eigenvalue weighted by Gasteiger charge is -2.32. The topological polar surface area (TPSA) is 82.8 Å². The Labute approximate surface area is 160 Å². The molecule has 0 aliphatic rings. The normalized spacial score (nSPS) is 11.7. The van der Waals surface area contributed by atoms with Crippen LogP contribution in [-0.4, -0.2) is 38.4 Å². The third-order valence-electron chi connectivity index (χ3n) is 4.30. The minimum atomic E-state index is -0.846. The maximum atomic E-state index is 10.5. The number of ether oxygens (including phenoxy) is 3. The monoisotopic (exact) mass is 374 g/mol. The maximum Gasteiger partial charge on any atom is 0.312 e. The van der Waals surface area contributed by atoms with Crippen LogP contribution in [0.2, 0.25) is 0 Å². The maximum absolute atomic E-state index is 10.5. The molecule has 0 aromatic rings. The molecule has 0 aromatic heterocycles. The molecular weight excluding hydrogens is 332 g/mol. The zero-order valence-corrected chi connectivity index (χ0v) is 17.3. The van der Waals surface area contributed by atoms with Gasteiger partial charge in [0.2, 0.25) is 0 Å². The van der Waals surface area contributed by atoms with E-state index in [4.69, 9.17) is 19.9 Å². The standard InChI is InChI=1S/C20H42N2O4/c1-4-24-20(25-5-2,26-6-3)17-15-13-11-9-7-8-10-12-14-16-18-22-19(21)23/h4-18H2,1-3H3,(H3,21,22,23). The molecule has 6 heteroatoms. The van der Waals surface area contributed by atoms with Gasteiger partial charge in [0.25, 0.3) is 5.97 Å². The summed E-state index contributed by atoms with van der Waals surface area (Å²) >= 11 is 0. The van der Waals surface area contributed by atoms with Gasteiger partial charge in [0, 0.05) is 32.8 Å². The molecule has 0 spiro atoms. The summed E-state index contributed by atoms with van der Waals surface area (Å²) in [5, 5.41) is 2.62. The predicted molar refractivity (Wildman–Crippen MR) is 106 cm³/mol. The lowest BCUT2D eigenvalue weighted by Crippen LogP contribution is -2.39. The van der Waals surface area contributed by atoms with Crippen molar-refractivity contribution < 1.29 is 19.0 Å². The number of unbranched alkanes of at least 4 members (excludes halogenated alkanes) is 9. The molecule has 0 saturated carbocycles. The van der Waals surface area contributed by atoms with Crippen molar-refractivity contribution in [1.82, 2.24) is 5.32 Å². The second-order valence-electron chi connectivity index (χ2n) is 6.56. The van der Waals surface area contributed by atoms with Crippen LogP contribution in [0.25, 0.3) is 0 Å². The van der Waals surface area contributed by atoms with Gasteiger partial charge in [-0.05, 0) is 33.6 Å².